The van der Waals surface area contributed by atoms with Gasteiger partial charge in [0, 0.05) is 83.9 Å². The lowest BCUT2D eigenvalue weighted by Crippen LogP contribution is -2.31. The van der Waals surface area contributed by atoms with Crippen LogP contribution in [0.25, 0.3) is 162 Å². The van der Waals surface area contributed by atoms with Crippen LogP contribution < -0.4 is 4.90 Å². The van der Waals surface area contributed by atoms with Crippen LogP contribution in [-0.2, 0) is 5.41 Å². The molecular formula is C93H62N10. The summed E-state index contributed by atoms with van der Waals surface area (Å²) >= 11 is 0. The van der Waals surface area contributed by atoms with Crippen molar-refractivity contribution in [3.63, 3.8) is 0 Å². The summed E-state index contributed by atoms with van der Waals surface area (Å²) in [5.41, 5.74) is 26.1. The van der Waals surface area contributed by atoms with Crippen LogP contribution in [0.4, 0.5) is 17.1 Å². The second-order valence-corrected chi connectivity index (χ2v) is 27.1. The first-order chi connectivity index (χ1) is 50.8. The first-order valence-electron chi connectivity index (χ1n) is 34.9. The lowest BCUT2D eigenvalue weighted by atomic mass is 9.70. The highest BCUT2D eigenvalue weighted by Gasteiger charge is 2.40. The minimum atomic E-state index is -0.515. The number of pyridine rings is 2. The molecule has 0 bridgehead atoms. The normalized spacial score (nSPS) is 12.6. The summed E-state index contributed by atoms with van der Waals surface area (Å²) in [4.78, 5) is 33.3. The van der Waals surface area contributed by atoms with Crippen molar-refractivity contribution in [3.05, 3.63) is 351 Å². The second-order valence-electron chi connectivity index (χ2n) is 27.1. The molecule has 19 aromatic rings. The molecule has 10 nitrogen and oxygen atoms in total. The maximum Gasteiger partial charge on any atom is 0.235 e. The molecule has 12 aromatic carbocycles. The van der Waals surface area contributed by atoms with Gasteiger partial charge in [-0.1, -0.05) is 190 Å². The third-order valence-corrected chi connectivity index (χ3v) is 20.7. The fourth-order valence-electron chi connectivity index (χ4n) is 16.0. The zero-order valence-electron chi connectivity index (χ0n) is 56.3. The molecule has 7 aromatic heterocycles. The molecule has 0 amide bonds. The lowest BCUT2D eigenvalue weighted by molar-refractivity contribution is 0.635. The topological polar surface area (TPSA) is 95.4 Å². The molecule has 0 spiro atoms. The van der Waals surface area contributed by atoms with E-state index in [0.717, 1.165) is 129 Å². The third kappa shape index (κ3) is 9.78. The quantitative estimate of drug-likeness (QED) is 0.127. The number of hydrogen-bond donors (Lipinski definition) is 0. The van der Waals surface area contributed by atoms with Crippen molar-refractivity contribution in [3.8, 4) is 96.3 Å². The van der Waals surface area contributed by atoms with Crippen LogP contribution in [0.3, 0.4) is 0 Å². The molecule has 1 aliphatic rings. The van der Waals surface area contributed by atoms with Crippen LogP contribution in [0, 0.1) is 0 Å². The van der Waals surface area contributed by atoms with E-state index in [4.69, 9.17) is 29.9 Å². The van der Waals surface area contributed by atoms with Gasteiger partial charge in [0.05, 0.1) is 78.6 Å². The van der Waals surface area contributed by atoms with Gasteiger partial charge in [-0.2, -0.15) is 0 Å². The van der Waals surface area contributed by atoms with Gasteiger partial charge in [0.2, 0.25) is 5.95 Å². The summed E-state index contributed by atoms with van der Waals surface area (Å²) in [6.45, 7) is 4.82. The first kappa shape index (κ1) is 59.4. The summed E-state index contributed by atoms with van der Waals surface area (Å²) in [6, 6.07) is 117. The van der Waals surface area contributed by atoms with Crippen LogP contribution in [0.5, 0.6) is 0 Å². The molecule has 0 saturated carbocycles. The standard InChI is InChI=1S/C93H62N10/c1-93(2)75-55-74-70-33-16-18-38-83(70)101(67-45-40-61(41-46-67)91-96-78(59-24-7-3-8-25-59)56-79(97-91)60-26-9-4-10-27-60)88(74)58-89(75)102(66-30-13-6-14-31-66)87-39-23-34-68(90(87)93)64-44-49-86-73(54-64)72-53-63(62-42-47-84-71(52-62)69-32-15-17-37-82(69)100(84)65-28-11-5-12-29-65)43-48-85(72)103(86)92-98-80(76-35-19-21-50-94-76)57-81(99-92)77-36-20-22-51-95-77/h3-58H,1-2H3. The zero-order valence-corrected chi connectivity index (χ0v) is 56.3. The Hall–Kier alpha value is -13.7. The number of benzene rings is 12. The Morgan fingerprint density at radius 3 is 1.28 bits per heavy atom. The van der Waals surface area contributed by atoms with Crippen LogP contribution in [-0.4, -0.2) is 43.6 Å². The van der Waals surface area contributed by atoms with E-state index in [1.807, 2.05) is 67.0 Å². The summed E-state index contributed by atoms with van der Waals surface area (Å²) in [7, 11) is 0. The Morgan fingerprint density at radius 1 is 0.262 bits per heavy atom. The number of fused-ring (bicyclic) bond motifs is 11. The van der Waals surface area contributed by atoms with Crippen LogP contribution in [0.2, 0.25) is 0 Å². The molecule has 0 N–H and O–H groups in total. The zero-order chi connectivity index (χ0) is 68.3. The predicted molar refractivity (Wildman–Crippen MR) is 421 cm³/mol. The van der Waals surface area contributed by atoms with Gasteiger partial charge < -0.3 is 14.0 Å². The summed E-state index contributed by atoms with van der Waals surface area (Å²) in [6.07, 6.45) is 3.62. The van der Waals surface area contributed by atoms with E-state index in [1.54, 1.807) is 0 Å². The van der Waals surface area contributed by atoms with Crippen molar-refractivity contribution in [1.29, 1.82) is 0 Å². The average molecular weight is 1320 g/mol. The molecule has 103 heavy (non-hydrogen) atoms. The number of rotatable bonds is 11. The van der Waals surface area contributed by atoms with Crippen molar-refractivity contribution in [2.75, 3.05) is 4.90 Å². The van der Waals surface area contributed by atoms with Gasteiger partial charge >= 0.3 is 0 Å². The van der Waals surface area contributed by atoms with E-state index in [2.05, 4.69) is 305 Å². The molecular weight excluding hydrogens is 1260 g/mol. The molecule has 484 valence electrons. The SMILES string of the molecule is CC1(C)c2cc3c4ccccc4n(-c4ccc(-c5nc(-c6ccccc6)cc(-c6ccccc6)n5)cc4)c3cc2N(c2ccccc2)c2cccc(-c3ccc4c(c3)c3cc(-c5ccc6c(c5)c5ccccc5n6-c5ccccc5)ccc3n4-c3nc(-c4ccccn4)cc(-c4ccccn4)n3)c21. The molecule has 10 heteroatoms. The predicted octanol–water partition coefficient (Wildman–Crippen LogP) is 23.1. The monoisotopic (exact) mass is 1320 g/mol. The number of nitrogens with zero attached hydrogens (tertiary/aromatic N) is 10. The molecule has 0 atom stereocenters. The highest BCUT2D eigenvalue weighted by molar-refractivity contribution is 6.15. The van der Waals surface area contributed by atoms with Gasteiger partial charge in [0.25, 0.3) is 0 Å². The van der Waals surface area contributed by atoms with Crippen LogP contribution in [0.1, 0.15) is 25.0 Å². The highest BCUT2D eigenvalue weighted by atomic mass is 15.2. The molecule has 20 rings (SSSR count). The molecule has 0 aliphatic carbocycles. The van der Waals surface area contributed by atoms with E-state index in [1.165, 1.54) is 38.2 Å². The highest BCUT2D eigenvalue weighted by Crippen LogP contribution is 2.57. The molecule has 0 radical (unpaired) electrons. The minimum absolute atomic E-state index is 0.515. The smallest absolute Gasteiger partial charge is 0.235 e. The van der Waals surface area contributed by atoms with Crippen molar-refractivity contribution in [2.45, 2.75) is 19.3 Å². The van der Waals surface area contributed by atoms with Crippen molar-refractivity contribution >= 4 is 82.5 Å². The van der Waals surface area contributed by atoms with Crippen LogP contribution >= 0.6 is 0 Å². The Morgan fingerprint density at radius 2 is 0.709 bits per heavy atom. The van der Waals surface area contributed by atoms with E-state index in [-0.39, 0.29) is 0 Å². The largest absolute Gasteiger partial charge is 0.310 e. The Kier molecular flexibility index (Phi) is 13.7. The Labute approximate surface area is 594 Å². The van der Waals surface area contributed by atoms with Crippen molar-refractivity contribution in [2.24, 2.45) is 0 Å². The van der Waals surface area contributed by atoms with Gasteiger partial charge in [-0.25, -0.2) is 19.9 Å². The number of para-hydroxylation sites is 4. The molecule has 1 aliphatic heterocycles. The maximum atomic E-state index is 5.40. The summed E-state index contributed by atoms with van der Waals surface area (Å²) < 4.78 is 7.02. The summed E-state index contributed by atoms with van der Waals surface area (Å²) in [5, 5.41) is 6.90. The molecule has 0 unspecified atom stereocenters. The summed E-state index contributed by atoms with van der Waals surface area (Å²) in [5.74, 6) is 1.19. The first-order valence-corrected chi connectivity index (χ1v) is 34.9. The van der Waals surface area contributed by atoms with E-state index in [0.29, 0.717) is 23.2 Å². The second kappa shape index (κ2) is 23.8. The number of anilines is 3. The Balaban J connectivity index is 0.761. The van der Waals surface area contributed by atoms with Crippen molar-refractivity contribution in [1.82, 2.24) is 43.6 Å². The van der Waals surface area contributed by atoms with E-state index in [9.17, 15) is 0 Å². The van der Waals surface area contributed by atoms with E-state index < -0.39 is 5.41 Å². The van der Waals surface area contributed by atoms with E-state index >= 15 is 0 Å². The van der Waals surface area contributed by atoms with Gasteiger partial charge in [0.1, 0.15) is 0 Å². The maximum absolute atomic E-state index is 5.40. The third-order valence-electron chi connectivity index (χ3n) is 20.7. The molecule has 0 saturated heterocycles. The van der Waals surface area contributed by atoms with Gasteiger partial charge in [-0.3, -0.25) is 14.5 Å². The fraction of sp³-hybridized carbons (Fsp3) is 0.0323. The van der Waals surface area contributed by atoms with Gasteiger partial charge in [-0.15, -0.1) is 0 Å². The fourth-order valence-corrected chi connectivity index (χ4v) is 16.0. The Bertz CT molecular complexity index is 6430. The van der Waals surface area contributed by atoms with Crippen LogP contribution in [0.15, 0.2) is 340 Å². The van der Waals surface area contributed by atoms with Gasteiger partial charge in [-0.05, 0) is 185 Å². The minimum Gasteiger partial charge on any atom is -0.310 e. The average Bonchev–Trinajstić information content (AvgIpc) is 1.69. The molecule has 0 fully saturated rings. The van der Waals surface area contributed by atoms with Crippen molar-refractivity contribution < 1.29 is 0 Å². The number of aromatic nitrogens is 9. The number of hydrogen-bond acceptors (Lipinski definition) is 7. The molecule has 8 heterocycles. The lowest BCUT2D eigenvalue weighted by Gasteiger charge is -2.43. The van der Waals surface area contributed by atoms with Gasteiger partial charge in [0.15, 0.2) is 5.82 Å².